The molecule has 0 spiro atoms. The maximum Gasteiger partial charge on any atom is 0.252 e. The Balaban J connectivity index is 2.01. The summed E-state index contributed by atoms with van der Waals surface area (Å²) in [5.74, 6) is 0.167. The third-order valence-electron chi connectivity index (χ3n) is 3.52. The molecule has 1 N–H and O–H groups in total. The molecule has 0 heterocycles. The second kappa shape index (κ2) is 5.83. The Morgan fingerprint density at radius 1 is 1.33 bits per heavy atom. The van der Waals surface area contributed by atoms with Gasteiger partial charge in [-0.15, -0.1) is 0 Å². The lowest BCUT2D eigenvalue weighted by molar-refractivity contribution is 0.0921. The van der Waals surface area contributed by atoms with Crippen LogP contribution in [-0.4, -0.2) is 11.9 Å². The first-order valence-corrected chi connectivity index (χ1v) is 7.11. The van der Waals surface area contributed by atoms with Gasteiger partial charge in [0.25, 0.3) is 5.91 Å². The Hall–Kier alpha value is -0.900. The molecular weight excluding hydrogens is 297 g/mol. The number of amides is 1. The molecule has 1 aromatic carbocycles. The SMILES string of the molecule is CC1CCC(NC(=O)c2cc(F)ccc2Br)CC1. The Labute approximate surface area is 115 Å². The zero-order valence-electron chi connectivity index (χ0n) is 10.4. The molecule has 2 nitrogen and oxygen atoms in total. The van der Waals surface area contributed by atoms with Gasteiger partial charge in [-0.3, -0.25) is 4.79 Å². The average molecular weight is 314 g/mol. The highest BCUT2D eigenvalue weighted by Gasteiger charge is 2.21. The highest BCUT2D eigenvalue weighted by atomic mass is 79.9. The molecule has 0 aliphatic heterocycles. The maximum atomic E-state index is 13.1. The molecule has 0 bridgehead atoms. The van der Waals surface area contributed by atoms with E-state index >= 15 is 0 Å². The van der Waals surface area contributed by atoms with Gasteiger partial charge in [-0.25, -0.2) is 4.39 Å². The van der Waals surface area contributed by atoms with Crippen molar-refractivity contribution in [1.29, 1.82) is 0 Å². The van der Waals surface area contributed by atoms with Crippen molar-refractivity contribution in [2.75, 3.05) is 0 Å². The topological polar surface area (TPSA) is 29.1 Å². The second-order valence-electron chi connectivity index (χ2n) is 5.05. The second-order valence-corrected chi connectivity index (χ2v) is 5.91. The first kappa shape index (κ1) is 13.5. The minimum atomic E-state index is -0.388. The predicted octanol–water partition coefficient (Wildman–Crippen LogP) is 3.90. The van der Waals surface area contributed by atoms with Crippen LogP contribution in [-0.2, 0) is 0 Å². The van der Waals surface area contributed by atoms with Crippen LogP contribution in [0.15, 0.2) is 22.7 Å². The van der Waals surface area contributed by atoms with Crippen molar-refractivity contribution in [3.8, 4) is 0 Å². The minimum absolute atomic E-state index is 0.194. The van der Waals surface area contributed by atoms with Gasteiger partial charge < -0.3 is 5.32 Å². The van der Waals surface area contributed by atoms with Crippen molar-refractivity contribution in [2.45, 2.75) is 38.6 Å². The van der Waals surface area contributed by atoms with E-state index in [-0.39, 0.29) is 17.8 Å². The zero-order chi connectivity index (χ0) is 13.1. The van der Waals surface area contributed by atoms with Crippen molar-refractivity contribution in [3.63, 3.8) is 0 Å². The Morgan fingerprint density at radius 3 is 2.67 bits per heavy atom. The fourth-order valence-corrected chi connectivity index (χ4v) is 2.77. The molecule has 1 amide bonds. The number of benzene rings is 1. The molecule has 2 rings (SSSR count). The Bertz CT molecular complexity index is 441. The maximum absolute atomic E-state index is 13.1. The number of carbonyl (C=O) groups is 1. The monoisotopic (exact) mass is 313 g/mol. The number of halogens is 2. The van der Waals surface area contributed by atoms with E-state index in [1.807, 2.05) is 0 Å². The predicted molar refractivity (Wildman–Crippen MR) is 73.0 cm³/mol. The summed E-state index contributed by atoms with van der Waals surface area (Å²) in [6, 6.07) is 4.39. The minimum Gasteiger partial charge on any atom is -0.349 e. The summed E-state index contributed by atoms with van der Waals surface area (Å²) in [5.41, 5.74) is 0.369. The van der Waals surface area contributed by atoms with E-state index in [0.29, 0.717) is 10.0 Å². The van der Waals surface area contributed by atoms with E-state index in [4.69, 9.17) is 0 Å². The molecule has 0 atom stereocenters. The molecular formula is C14H17BrFNO. The van der Waals surface area contributed by atoms with Crippen LogP contribution in [0.3, 0.4) is 0 Å². The molecule has 1 aromatic rings. The molecule has 0 unspecified atom stereocenters. The van der Waals surface area contributed by atoms with E-state index in [1.54, 1.807) is 6.07 Å². The number of rotatable bonds is 2. The van der Waals surface area contributed by atoms with E-state index in [0.717, 1.165) is 31.6 Å². The van der Waals surface area contributed by atoms with Crippen LogP contribution in [0.5, 0.6) is 0 Å². The van der Waals surface area contributed by atoms with E-state index in [9.17, 15) is 9.18 Å². The van der Waals surface area contributed by atoms with Crippen LogP contribution in [0.25, 0.3) is 0 Å². The van der Waals surface area contributed by atoms with Gasteiger partial charge >= 0.3 is 0 Å². The smallest absolute Gasteiger partial charge is 0.252 e. The van der Waals surface area contributed by atoms with Crippen molar-refractivity contribution in [3.05, 3.63) is 34.1 Å². The normalized spacial score (nSPS) is 23.7. The first-order chi connectivity index (χ1) is 8.56. The van der Waals surface area contributed by atoms with Gasteiger partial charge in [0.15, 0.2) is 0 Å². The average Bonchev–Trinajstić information content (AvgIpc) is 2.35. The fraction of sp³-hybridized carbons (Fsp3) is 0.500. The highest BCUT2D eigenvalue weighted by molar-refractivity contribution is 9.10. The standard InChI is InChI=1S/C14H17BrFNO/c1-9-2-5-11(6-3-9)17-14(18)12-8-10(16)4-7-13(12)15/h4,7-9,11H,2-3,5-6H2,1H3,(H,17,18). The summed E-state index contributed by atoms with van der Waals surface area (Å²) < 4.78 is 13.8. The van der Waals surface area contributed by atoms with Crippen LogP contribution < -0.4 is 5.32 Å². The van der Waals surface area contributed by atoms with E-state index in [1.165, 1.54) is 12.1 Å². The molecule has 98 valence electrons. The molecule has 1 fully saturated rings. The lowest BCUT2D eigenvalue weighted by Gasteiger charge is -2.27. The first-order valence-electron chi connectivity index (χ1n) is 6.32. The summed E-state index contributed by atoms with van der Waals surface area (Å²) >= 11 is 3.28. The van der Waals surface area contributed by atoms with Crippen molar-refractivity contribution in [2.24, 2.45) is 5.92 Å². The summed E-state index contributed by atoms with van der Waals surface area (Å²) in [6.45, 7) is 2.24. The van der Waals surface area contributed by atoms with Gasteiger partial charge in [0.05, 0.1) is 5.56 Å². The number of nitrogens with one attached hydrogen (secondary N) is 1. The van der Waals surface area contributed by atoms with Gasteiger partial charge in [-0.05, 0) is 65.7 Å². The summed E-state index contributed by atoms with van der Waals surface area (Å²) in [4.78, 5) is 12.1. The van der Waals surface area contributed by atoms with Crippen molar-refractivity contribution >= 4 is 21.8 Å². The largest absolute Gasteiger partial charge is 0.349 e. The molecule has 1 saturated carbocycles. The Morgan fingerprint density at radius 2 is 2.00 bits per heavy atom. The quantitative estimate of drug-likeness (QED) is 0.881. The Kier molecular flexibility index (Phi) is 4.38. The molecule has 0 saturated heterocycles. The summed E-state index contributed by atoms with van der Waals surface area (Å²) in [6.07, 6.45) is 4.32. The van der Waals surface area contributed by atoms with Gasteiger partial charge in [0, 0.05) is 10.5 Å². The third-order valence-corrected chi connectivity index (χ3v) is 4.22. The van der Waals surface area contributed by atoms with Gasteiger partial charge in [0.2, 0.25) is 0 Å². The summed E-state index contributed by atoms with van der Waals surface area (Å²) in [5, 5.41) is 2.99. The van der Waals surface area contributed by atoms with Crippen LogP contribution >= 0.6 is 15.9 Å². The van der Waals surface area contributed by atoms with Crippen LogP contribution in [0.1, 0.15) is 43.0 Å². The van der Waals surface area contributed by atoms with Gasteiger partial charge in [-0.2, -0.15) is 0 Å². The lowest BCUT2D eigenvalue weighted by atomic mass is 9.87. The van der Waals surface area contributed by atoms with E-state index in [2.05, 4.69) is 28.2 Å². The molecule has 4 heteroatoms. The van der Waals surface area contributed by atoms with E-state index < -0.39 is 0 Å². The molecule has 18 heavy (non-hydrogen) atoms. The van der Waals surface area contributed by atoms with Crippen molar-refractivity contribution < 1.29 is 9.18 Å². The molecule has 0 radical (unpaired) electrons. The highest BCUT2D eigenvalue weighted by Crippen LogP contribution is 2.24. The molecule has 1 aliphatic rings. The van der Waals surface area contributed by atoms with Gasteiger partial charge in [-0.1, -0.05) is 6.92 Å². The van der Waals surface area contributed by atoms with Crippen LogP contribution in [0.2, 0.25) is 0 Å². The number of carbonyl (C=O) groups excluding carboxylic acids is 1. The lowest BCUT2D eigenvalue weighted by Crippen LogP contribution is -2.37. The number of hydrogen-bond acceptors (Lipinski definition) is 1. The third kappa shape index (κ3) is 3.31. The number of hydrogen-bond donors (Lipinski definition) is 1. The van der Waals surface area contributed by atoms with Gasteiger partial charge in [0.1, 0.15) is 5.82 Å². The molecule has 1 aliphatic carbocycles. The van der Waals surface area contributed by atoms with Crippen LogP contribution in [0, 0.1) is 11.7 Å². The fourth-order valence-electron chi connectivity index (χ4n) is 2.34. The molecule has 0 aromatic heterocycles. The zero-order valence-corrected chi connectivity index (χ0v) is 12.0. The summed E-state index contributed by atoms with van der Waals surface area (Å²) in [7, 11) is 0. The van der Waals surface area contributed by atoms with Crippen LogP contribution in [0.4, 0.5) is 4.39 Å². The van der Waals surface area contributed by atoms with Crippen molar-refractivity contribution in [1.82, 2.24) is 5.32 Å².